The van der Waals surface area contributed by atoms with Gasteiger partial charge in [-0.2, -0.15) is 0 Å². The summed E-state index contributed by atoms with van der Waals surface area (Å²) < 4.78 is 6.10. The molecule has 2 heteroatoms. The van der Waals surface area contributed by atoms with E-state index in [1.54, 1.807) is 0 Å². The van der Waals surface area contributed by atoms with Crippen molar-refractivity contribution in [2.24, 2.45) is 0 Å². The van der Waals surface area contributed by atoms with Crippen LogP contribution in [0.1, 0.15) is 25.7 Å². The molecule has 4 rings (SSSR count). The number of ether oxygens (including phenoxy) is 1. The fourth-order valence-corrected chi connectivity index (χ4v) is 8.64. The van der Waals surface area contributed by atoms with Gasteiger partial charge in [-0.25, -0.2) is 0 Å². The molecule has 1 unspecified atom stereocenters. The Balaban J connectivity index is 1.81. The van der Waals surface area contributed by atoms with Crippen LogP contribution in [0.2, 0.25) is 0 Å². The van der Waals surface area contributed by atoms with Crippen molar-refractivity contribution in [2.45, 2.75) is 31.8 Å². The van der Waals surface area contributed by atoms with Gasteiger partial charge >= 0.3 is 0 Å². The van der Waals surface area contributed by atoms with Crippen LogP contribution >= 0.6 is 7.26 Å². The third kappa shape index (κ3) is 4.00. The van der Waals surface area contributed by atoms with Gasteiger partial charge < -0.3 is 4.74 Å². The van der Waals surface area contributed by atoms with Gasteiger partial charge in [0, 0.05) is 13.0 Å². The second-order valence-corrected chi connectivity index (χ2v) is 10.9. The maximum Gasteiger partial charge on any atom is 0.112 e. The second-order valence-electron chi connectivity index (χ2n) is 7.32. The van der Waals surface area contributed by atoms with Crippen molar-refractivity contribution >= 4 is 23.2 Å². The summed E-state index contributed by atoms with van der Waals surface area (Å²) in [6, 6.07) is 33.5. The van der Waals surface area contributed by atoms with Crippen LogP contribution in [0.4, 0.5) is 0 Å². The van der Waals surface area contributed by atoms with E-state index < -0.39 is 7.26 Å². The highest BCUT2D eigenvalue weighted by molar-refractivity contribution is 7.95. The molecule has 0 spiro atoms. The Morgan fingerprint density at radius 2 is 1.15 bits per heavy atom. The van der Waals surface area contributed by atoms with Crippen LogP contribution in [0.5, 0.6) is 0 Å². The molecule has 3 aromatic rings. The fraction of sp³-hybridized carbons (Fsp3) is 0.280. The number of hydrogen-bond donors (Lipinski definition) is 0. The van der Waals surface area contributed by atoms with Gasteiger partial charge in [0.25, 0.3) is 0 Å². The van der Waals surface area contributed by atoms with Crippen LogP contribution in [-0.2, 0) is 4.74 Å². The molecular formula is C25H28OP+. The Bertz CT molecular complexity index is 714. The standard InChI is InChI=1S/C25H28OP/c1-4-13-23(14-5-1)27(24-15-6-2-7-16-24,25-17-8-3-9-18-25)21-19-22-12-10-11-20-26-22/h1-9,13-18,22H,10-12,19-21H2/q+1. The van der Waals surface area contributed by atoms with Gasteiger partial charge in [0.1, 0.15) is 23.2 Å². The molecule has 1 aliphatic rings. The van der Waals surface area contributed by atoms with E-state index in [1.807, 2.05) is 0 Å². The van der Waals surface area contributed by atoms with Crippen molar-refractivity contribution in [3.05, 3.63) is 91.0 Å². The molecule has 0 amide bonds. The van der Waals surface area contributed by atoms with Crippen LogP contribution in [-0.4, -0.2) is 18.9 Å². The summed E-state index contributed by atoms with van der Waals surface area (Å²) in [5.41, 5.74) is 0. The molecule has 0 radical (unpaired) electrons. The first-order chi connectivity index (χ1) is 13.4. The Morgan fingerprint density at radius 1 is 0.667 bits per heavy atom. The van der Waals surface area contributed by atoms with E-state index in [1.165, 1.54) is 35.2 Å². The van der Waals surface area contributed by atoms with Crippen molar-refractivity contribution < 1.29 is 4.74 Å². The van der Waals surface area contributed by atoms with E-state index in [0.29, 0.717) is 6.10 Å². The van der Waals surface area contributed by atoms with Crippen LogP contribution in [0.3, 0.4) is 0 Å². The molecule has 1 heterocycles. The normalized spacial score (nSPS) is 17.6. The van der Waals surface area contributed by atoms with Crippen molar-refractivity contribution in [1.29, 1.82) is 0 Å². The summed E-state index contributed by atoms with van der Waals surface area (Å²) in [5.74, 6) is 0. The molecule has 0 saturated carbocycles. The van der Waals surface area contributed by atoms with Crippen molar-refractivity contribution in [3.8, 4) is 0 Å². The molecule has 1 saturated heterocycles. The smallest absolute Gasteiger partial charge is 0.112 e. The van der Waals surface area contributed by atoms with Crippen molar-refractivity contribution in [2.75, 3.05) is 12.8 Å². The minimum atomic E-state index is -1.70. The van der Waals surface area contributed by atoms with E-state index in [-0.39, 0.29) is 0 Å². The van der Waals surface area contributed by atoms with Crippen LogP contribution in [0.15, 0.2) is 91.0 Å². The number of hydrogen-bond acceptors (Lipinski definition) is 1. The summed E-state index contributed by atoms with van der Waals surface area (Å²) >= 11 is 0. The zero-order valence-electron chi connectivity index (χ0n) is 15.8. The molecule has 0 N–H and O–H groups in total. The zero-order chi connectivity index (χ0) is 18.4. The molecule has 0 aliphatic carbocycles. The molecule has 1 aliphatic heterocycles. The molecular weight excluding hydrogens is 347 g/mol. The molecule has 1 fully saturated rings. The first-order valence-corrected chi connectivity index (χ1v) is 12.0. The Morgan fingerprint density at radius 3 is 1.56 bits per heavy atom. The lowest BCUT2D eigenvalue weighted by Crippen LogP contribution is -2.35. The molecule has 1 nitrogen and oxygen atoms in total. The van der Waals surface area contributed by atoms with Crippen LogP contribution in [0, 0.1) is 0 Å². The lowest BCUT2D eigenvalue weighted by molar-refractivity contribution is 0.0148. The average molecular weight is 375 g/mol. The third-order valence-corrected chi connectivity index (χ3v) is 10.1. The maximum atomic E-state index is 6.10. The lowest BCUT2D eigenvalue weighted by atomic mass is 10.1. The highest BCUT2D eigenvalue weighted by atomic mass is 31.2. The van der Waals surface area contributed by atoms with Crippen LogP contribution < -0.4 is 15.9 Å². The predicted molar refractivity (Wildman–Crippen MR) is 118 cm³/mol. The summed E-state index contributed by atoms with van der Waals surface area (Å²) in [7, 11) is -1.70. The number of rotatable bonds is 6. The van der Waals surface area contributed by atoms with Gasteiger partial charge in [0.2, 0.25) is 0 Å². The van der Waals surface area contributed by atoms with E-state index in [0.717, 1.165) is 19.2 Å². The van der Waals surface area contributed by atoms with Crippen LogP contribution in [0.25, 0.3) is 0 Å². The monoisotopic (exact) mass is 375 g/mol. The molecule has 0 bridgehead atoms. The average Bonchev–Trinajstić information content (AvgIpc) is 2.77. The first-order valence-electron chi connectivity index (χ1n) is 10.1. The van der Waals surface area contributed by atoms with E-state index in [9.17, 15) is 0 Å². The topological polar surface area (TPSA) is 9.23 Å². The van der Waals surface area contributed by atoms with Gasteiger partial charge in [-0.1, -0.05) is 54.6 Å². The number of benzene rings is 3. The minimum absolute atomic E-state index is 0.411. The van der Waals surface area contributed by atoms with Gasteiger partial charge in [0.15, 0.2) is 0 Å². The summed E-state index contributed by atoms with van der Waals surface area (Å²) in [4.78, 5) is 0. The predicted octanol–water partition coefficient (Wildman–Crippen LogP) is 4.94. The molecule has 0 aromatic heterocycles. The van der Waals surface area contributed by atoms with Crippen molar-refractivity contribution in [1.82, 2.24) is 0 Å². The summed E-state index contributed by atoms with van der Waals surface area (Å²) in [5, 5.41) is 4.41. The Labute approximate surface area is 163 Å². The summed E-state index contributed by atoms with van der Waals surface area (Å²) in [6.45, 7) is 0.929. The van der Waals surface area contributed by atoms with E-state index in [4.69, 9.17) is 4.74 Å². The highest BCUT2D eigenvalue weighted by Crippen LogP contribution is 2.56. The molecule has 138 valence electrons. The lowest BCUT2D eigenvalue weighted by Gasteiger charge is -2.30. The maximum absolute atomic E-state index is 6.10. The van der Waals surface area contributed by atoms with Gasteiger partial charge in [-0.15, -0.1) is 0 Å². The fourth-order valence-electron chi connectivity index (χ4n) is 4.25. The van der Waals surface area contributed by atoms with Gasteiger partial charge in [-0.3, -0.25) is 0 Å². The zero-order valence-corrected chi connectivity index (χ0v) is 16.7. The van der Waals surface area contributed by atoms with E-state index in [2.05, 4.69) is 91.0 Å². The second kappa shape index (κ2) is 8.83. The summed E-state index contributed by atoms with van der Waals surface area (Å²) in [6.07, 6.45) is 6.43. The van der Waals surface area contributed by atoms with Crippen molar-refractivity contribution in [3.63, 3.8) is 0 Å². The largest absolute Gasteiger partial charge is 0.378 e. The van der Waals surface area contributed by atoms with Gasteiger partial charge in [-0.05, 0) is 55.7 Å². The van der Waals surface area contributed by atoms with Gasteiger partial charge in [0.05, 0.1) is 12.3 Å². The molecule has 27 heavy (non-hydrogen) atoms. The SMILES string of the molecule is c1ccc([P+](CCC2CCCCO2)(c2ccccc2)c2ccccc2)cc1. The molecule has 1 atom stereocenters. The quantitative estimate of drug-likeness (QED) is 0.555. The highest BCUT2D eigenvalue weighted by Gasteiger charge is 2.45. The molecule has 3 aromatic carbocycles. The Kier molecular flexibility index (Phi) is 6.02. The third-order valence-electron chi connectivity index (χ3n) is 5.65. The Hall–Kier alpha value is -1.95. The first kappa shape index (κ1) is 18.4. The minimum Gasteiger partial charge on any atom is -0.378 e. The van der Waals surface area contributed by atoms with E-state index >= 15 is 0 Å².